The van der Waals surface area contributed by atoms with Crippen LogP contribution in [0.2, 0.25) is 0 Å². The van der Waals surface area contributed by atoms with Gasteiger partial charge in [-0.3, -0.25) is 4.79 Å². The van der Waals surface area contributed by atoms with Gasteiger partial charge in [-0.05, 0) is 20.3 Å². The van der Waals surface area contributed by atoms with Gasteiger partial charge in [-0.15, -0.1) is 0 Å². The smallest absolute Gasteiger partial charge is 0.408 e. The molecular weight excluding hydrogens is 230 g/mol. The fourth-order valence-electron chi connectivity index (χ4n) is 1.01. The molecule has 0 aromatic carbocycles. The summed E-state index contributed by atoms with van der Waals surface area (Å²) in [4.78, 5) is 32.8. The molecule has 7 heteroatoms. The number of carbonyl (C=O) groups excluding carboxylic acids is 2. The Hall–Kier alpha value is -1.79. The Bertz CT molecular complexity index is 289. The summed E-state index contributed by atoms with van der Waals surface area (Å²) in [5.74, 6) is -1.76. The third-order valence-electron chi connectivity index (χ3n) is 1.80. The molecule has 0 saturated heterocycles. The van der Waals surface area contributed by atoms with Crippen LogP contribution < -0.4 is 5.32 Å². The minimum absolute atomic E-state index is 0.0464. The highest BCUT2D eigenvalue weighted by Crippen LogP contribution is 2.01. The normalized spacial score (nSPS) is 11.8. The second kappa shape index (κ2) is 7.48. The first-order valence-corrected chi connectivity index (χ1v) is 5.13. The third-order valence-corrected chi connectivity index (χ3v) is 1.80. The summed E-state index contributed by atoms with van der Waals surface area (Å²) in [6, 6.07) is -1.17. The number of carboxylic acids is 1. The van der Waals surface area contributed by atoms with Crippen molar-refractivity contribution in [1.82, 2.24) is 5.32 Å². The average molecular weight is 247 g/mol. The number of carbonyl (C=O) groups is 3. The number of hydrogen-bond donors (Lipinski definition) is 2. The molecular formula is C10H17NO6. The van der Waals surface area contributed by atoms with E-state index in [1.165, 1.54) is 7.11 Å². The number of carboxylic acid groups (broad SMARTS) is 1. The van der Waals surface area contributed by atoms with Gasteiger partial charge in [0.1, 0.15) is 6.04 Å². The lowest BCUT2D eigenvalue weighted by atomic mass is 10.1. The number of ether oxygens (including phenoxy) is 2. The average Bonchev–Trinajstić information content (AvgIpc) is 2.22. The zero-order chi connectivity index (χ0) is 13.4. The Balaban J connectivity index is 4.20. The lowest BCUT2D eigenvalue weighted by Crippen LogP contribution is -2.42. The minimum Gasteiger partial charge on any atom is -0.480 e. The summed E-state index contributed by atoms with van der Waals surface area (Å²) < 4.78 is 9.11. The van der Waals surface area contributed by atoms with Gasteiger partial charge in [-0.2, -0.15) is 0 Å². The molecule has 2 N–H and O–H groups in total. The molecule has 0 saturated carbocycles. The van der Waals surface area contributed by atoms with Gasteiger partial charge in [0.2, 0.25) is 0 Å². The Morgan fingerprint density at radius 3 is 2.29 bits per heavy atom. The van der Waals surface area contributed by atoms with Crippen LogP contribution in [0.25, 0.3) is 0 Å². The molecule has 0 aliphatic carbocycles. The summed E-state index contributed by atoms with van der Waals surface area (Å²) in [5.41, 5.74) is 0. The molecule has 0 fully saturated rings. The van der Waals surface area contributed by atoms with E-state index in [-0.39, 0.29) is 18.9 Å². The van der Waals surface area contributed by atoms with Crippen LogP contribution >= 0.6 is 0 Å². The molecule has 0 spiro atoms. The van der Waals surface area contributed by atoms with Crippen LogP contribution in [0.15, 0.2) is 0 Å². The van der Waals surface area contributed by atoms with Crippen molar-refractivity contribution in [2.24, 2.45) is 0 Å². The monoisotopic (exact) mass is 247 g/mol. The summed E-state index contributed by atoms with van der Waals surface area (Å²) in [6.07, 6.45) is -1.30. The molecule has 1 atom stereocenters. The van der Waals surface area contributed by atoms with Crippen LogP contribution in [0.4, 0.5) is 4.79 Å². The molecule has 0 aliphatic rings. The Kier molecular flexibility index (Phi) is 6.69. The molecule has 98 valence electrons. The maximum Gasteiger partial charge on any atom is 0.408 e. The van der Waals surface area contributed by atoms with Crippen molar-refractivity contribution in [1.29, 1.82) is 0 Å². The number of methoxy groups -OCH3 is 1. The van der Waals surface area contributed by atoms with Crippen LogP contribution in [0.3, 0.4) is 0 Å². The maximum absolute atomic E-state index is 11.2. The second-order valence-corrected chi connectivity index (χ2v) is 3.60. The van der Waals surface area contributed by atoms with Crippen molar-refractivity contribution in [3.05, 3.63) is 0 Å². The third kappa shape index (κ3) is 7.15. The van der Waals surface area contributed by atoms with E-state index in [4.69, 9.17) is 9.84 Å². The zero-order valence-corrected chi connectivity index (χ0v) is 10.1. The quantitative estimate of drug-likeness (QED) is 0.664. The van der Waals surface area contributed by atoms with Crippen molar-refractivity contribution in [2.45, 2.75) is 38.8 Å². The minimum atomic E-state index is -1.23. The summed E-state index contributed by atoms with van der Waals surface area (Å²) in [6.45, 7) is 3.29. The second-order valence-electron chi connectivity index (χ2n) is 3.60. The van der Waals surface area contributed by atoms with E-state index in [1.54, 1.807) is 13.8 Å². The van der Waals surface area contributed by atoms with Crippen LogP contribution in [0.5, 0.6) is 0 Å². The molecule has 0 radical (unpaired) electrons. The van der Waals surface area contributed by atoms with Crippen LogP contribution in [0.1, 0.15) is 26.7 Å². The van der Waals surface area contributed by atoms with Crippen molar-refractivity contribution >= 4 is 18.0 Å². The molecule has 0 rings (SSSR count). The number of hydrogen-bond acceptors (Lipinski definition) is 5. The molecule has 0 unspecified atom stereocenters. The topological polar surface area (TPSA) is 102 Å². The highest BCUT2D eigenvalue weighted by molar-refractivity contribution is 5.80. The predicted molar refractivity (Wildman–Crippen MR) is 57.4 cm³/mol. The van der Waals surface area contributed by atoms with E-state index in [0.717, 1.165) is 0 Å². The SMILES string of the molecule is COC(=O)CC[C@H](NC(=O)OC(C)C)C(=O)O. The predicted octanol–water partition coefficient (Wildman–Crippen LogP) is 0.527. The van der Waals surface area contributed by atoms with Gasteiger partial charge >= 0.3 is 18.0 Å². The highest BCUT2D eigenvalue weighted by atomic mass is 16.6. The maximum atomic E-state index is 11.2. The van der Waals surface area contributed by atoms with Crippen LogP contribution in [-0.4, -0.2) is 42.4 Å². The molecule has 0 bridgehead atoms. The van der Waals surface area contributed by atoms with Gasteiger partial charge in [-0.25, -0.2) is 9.59 Å². The highest BCUT2D eigenvalue weighted by Gasteiger charge is 2.22. The Morgan fingerprint density at radius 1 is 1.29 bits per heavy atom. The first kappa shape index (κ1) is 15.2. The molecule has 0 heterocycles. The Labute approximate surface area is 99.1 Å². The molecule has 0 aliphatic heterocycles. The van der Waals surface area contributed by atoms with Gasteiger partial charge in [0.25, 0.3) is 0 Å². The number of alkyl carbamates (subject to hydrolysis) is 1. The van der Waals surface area contributed by atoms with E-state index in [0.29, 0.717) is 0 Å². The fraction of sp³-hybridized carbons (Fsp3) is 0.700. The number of aliphatic carboxylic acids is 1. The summed E-state index contributed by atoms with van der Waals surface area (Å²) >= 11 is 0. The molecule has 1 amide bonds. The van der Waals surface area contributed by atoms with Gasteiger partial charge in [0, 0.05) is 6.42 Å². The zero-order valence-electron chi connectivity index (χ0n) is 10.1. The van der Waals surface area contributed by atoms with Crippen LogP contribution in [-0.2, 0) is 19.1 Å². The molecule has 0 aromatic rings. The van der Waals surface area contributed by atoms with Crippen LogP contribution in [0, 0.1) is 0 Å². The van der Waals surface area contributed by atoms with Crippen molar-refractivity contribution in [3.8, 4) is 0 Å². The van der Waals surface area contributed by atoms with Crippen molar-refractivity contribution in [3.63, 3.8) is 0 Å². The number of nitrogens with one attached hydrogen (secondary N) is 1. The van der Waals surface area contributed by atoms with E-state index < -0.39 is 24.1 Å². The van der Waals surface area contributed by atoms with Crippen molar-refractivity contribution in [2.75, 3.05) is 7.11 Å². The lowest BCUT2D eigenvalue weighted by molar-refractivity contribution is -0.142. The van der Waals surface area contributed by atoms with Gasteiger partial charge in [0.05, 0.1) is 13.2 Å². The van der Waals surface area contributed by atoms with Gasteiger partial charge in [0.15, 0.2) is 0 Å². The number of rotatable bonds is 6. The van der Waals surface area contributed by atoms with Crippen molar-refractivity contribution < 1.29 is 29.0 Å². The molecule has 7 nitrogen and oxygen atoms in total. The summed E-state index contributed by atoms with van der Waals surface area (Å²) in [7, 11) is 1.21. The largest absolute Gasteiger partial charge is 0.480 e. The van der Waals surface area contributed by atoms with E-state index in [9.17, 15) is 14.4 Å². The van der Waals surface area contributed by atoms with E-state index in [1.807, 2.05) is 0 Å². The first-order valence-electron chi connectivity index (χ1n) is 5.13. The molecule has 17 heavy (non-hydrogen) atoms. The standard InChI is InChI=1S/C10H17NO6/c1-6(2)17-10(15)11-7(9(13)14)4-5-8(12)16-3/h6-7H,4-5H2,1-3H3,(H,11,15)(H,13,14)/t7-/m0/s1. The van der Waals surface area contributed by atoms with E-state index >= 15 is 0 Å². The number of amides is 1. The van der Waals surface area contributed by atoms with E-state index in [2.05, 4.69) is 10.1 Å². The first-order chi connectivity index (χ1) is 7.86. The molecule has 0 aromatic heterocycles. The fourth-order valence-corrected chi connectivity index (χ4v) is 1.01. The Morgan fingerprint density at radius 2 is 1.88 bits per heavy atom. The van der Waals surface area contributed by atoms with Gasteiger partial charge < -0.3 is 19.9 Å². The van der Waals surface area contributed by atoms with Gasteiger partial charge in [-0.1, -0.05) is 0 Å². The number of esters is 1. The summed E-state index contributed by atoms with van der Waals surface area (Å²) in [5, 5.41) is 11.0. The lowest BCUT2D eigenvalue weighted by Gasteiger charge is -2.15.